The Morgan fingerprint density at radius 3 is 1.64 bits per heavy atom. The molecule has 1 rings (SSSR count). The maximum atomic E-state index is 12.0. The van der Waals surface area contributed by atoms with E-state index in [1.54, 1.807) is 0 Å². The zero-order valence-electron chi connectivity index (χ0n) is 6.20. The number of carbonyl (C=O) groups excluding carboxylic acids is 1. The molecule has 0 amide bonds. The molecule has 0 spiro atoms. The van der Waals surface area contributed by atoms with Crippen molar-refractivity contribution in [2.75, 3.05) is 6.61 Å². The van der Waals surface area contributed by atoms with E-state index in [4.69, 9.17) is 0 Å². The minimum Gasteiger partial charge on any atom is -0.429 e. The van der Waals surface area contributed by atoms with Crippen molar-refractivity contribution < 1.29 is 40.6 Å². The van der Waals surface area contributed by atoms with Gasteiger partial charge in [-0.3, -0.25) is 0 Å². The average Bonchev–Trinajstić information content (AvgIpc) is 2.28. The van der Waals surface area contributed by atoms with Gasteiger partial charge in [-0.25, -0.2) is 4.79 Å². The number of hydrogen-bond donors (Lipinski definition) is 0. The standard InChI is InChI=1S/C5H2F6O3/c6-4(7,8)3(5(9,10)11)1-13-2(12)14-3/h1H2. The Morgan fingerprint density at radius 2 is 1.50 bits per heavy atom. The summed E-state index contributed by atoms with van der Waals surface area (Å²) in [6.07, 6.45) is -13.5. The minimum atomic E-state index is -5.75. The summed E-state index contributed by atoms with van der Waals surface area (Å²) in [5, 5.41) is 0. The van der Waals surface area contributed by atoms with Crippen molar-refractivity contribution in [1.82, 2.24) is 0 Å². The fourth-order valence-corrected chi connectivity index (χ4v) is 0.802. The molecule has 0 aliphatic carbocycles. The molecule has 0 aromatic heterocycles. The Labute approximate surface area is 72.6 Å². The van der Waals surface area contributed by atoms with Crippen LogP contribution in [0.2, 0.25) is 0 Å². The number of halogens is 6. The van der Waals surface area contributed by atoms with E-state index in [2.05, 4.69) is 9.47 Å². The van der Waals surface area contributed by atoms with Crippen LogP contribution in [0.1, 0.15) is 0 Å². The number of alkyl halides is 6. The second-order valence-electron chi connectivity index (χ2n) is 2.46. The maximum Gasteiger partial charge on any atom is 0.509 e. The molecule has 0 saturated carbocycles. The topological polar surface area (TPSA) is 35.5 Å². The van der Waals surface area contributed by atoms with Gasteiger partial charge in [0, 0.05) is 0 Å². The molecule has 0 radical (unpaired) electrons. The van der Waals surface area contributed by atoms with Crippen LogP contribution in [0, 0.1) is 0 Å². The number of hydrogen-bond acceptors (Lipinski definition) is 3. The molecule has 1 aliphatic heterocycles. The highest BCUT2D eigenvalue weighted by molar-refractivity contribution is 5.63. The van der Waals surface area contributed by atoms with Gasteiger partial charge in [0.1, 0.15) is 0 Å². The first-order valence-electron chi connectivity index (χ1n) is 3.09. The van der Waals surface area contributed by atoms with E-state index in [1.807, 2.05) is 0 Å². The molecule has 0 bridgehead atoms. The van der Waals surface area contributed by atoms with E-state index in [-0.39, 0.29) is 0 Å². The SMILES string of the molecule is O=C1OCC(C(F)(F)F)(C(F)(F)F)O1. The molecule has 0 atom stereocenters. The van der Waals surface area contributed by atoms with E-state index in [1.165, 1.54) is 0 Å². The molecular weight excluding hydrogens is 222 g/mol. The number of ether oxygens (including phenoxy) is 2. The largest absolute Gasteiger partial charge is 0.509 e. The van der Waals surface area contributed by atoms with Gasteiger partial charge in [-0.1, -0.05) is 0 Å². The summed E-state index contributed by atoms with van der Waals surface area (Å²) >= 11 is 0. The van der Waals surface area contributed by atoms with Gasteiger partial charge in [0.25, 0.3) is 0 Å². The molecule has 1 aliphatic rings. The van der Waals surface area contributed by atoms with Gasteiger partial charge >= 0.3 is 24.1 Å². The van der Waals surface area contributed by atoms with Crippen LogP contribution >= 0.6 is 0 Å². The van der Waals surface area contributed by atoms with Crippen LogP contribution in [0.3, 0.4) is 0 Å². The lowest BCUT2D eigenvalue weighted by Gasteiger charge is -2.29. The van der Waals surface area contributed by atoms with Gasteiger partial charge in [0.05, 0.1) is 0 Å². The van der Waals surface area contributed by atoms with E-state index in [9.17, 15) is 31.1 Å². The van der Waals surface area contributed by atoms with Crippen LogP contribution in [-0.4, -0.2) is 30.7 Å². The third-order valence-corrected chi connectivity index (χ3v) is 1.57. The average molecular weight is 224 g/mol. The summed E-state index contributed by atoms with van der Waals surface area (Å²) in [5.41, 5.74) is -4.53. The first kappa shape index (κ1) is 10.9. The molecule has 82 valence electrons. The third kappa shape index (κ3) is 1.36. The zero-order valence-corrected chi connectivity index (χ0v) is 6.20. The normalized spacial score (nSPS) is 21.7. The number of cyclic esters (lactones) is 2. The van der Waals surface area contributed by atoms with Crippen molar-refractivity contribution in [3.05, 3.63) is 0 Å². The Morgan fingerprint density at radius 1 is 1.07 bits per heavy atom. The predicted molar refractivity (Wildman–Crippen MR) is 27.3 cm³/mol. The van der Waals surface area contributed by atoms with E-state index in [0.29, 0.717) is 0 Å². The molecule has 0 N–H and O–H groups in total. The van der Waals surface area contributed by atoms with Crippen molar-refractivity contribution >= 4 is 6.16 Å². The highest BCUT2D eigenvalue weighted by atomic mass is 19.4. The zero-order chi connectivity index (χ0) is 11.2. The highest BCUT2D eigenvalue weighted by Gasteiger charge is 2.77. The minimum absolute atomic E-state index is 1.90. The van der Waals surface area contributed by atoms with Crippen LogP contribution in [0.15, 0.2) is 0 Å². The van der Waals surface area contributed by atoms with Crippen molar-refractivity contribution in [2.45, 2.75) is 18.0 Å². The lowest BCUT2D eigenvalue weighted by atomic mass is 10.1. The van der Waals surface area contributed by atoms with Crippen molar-refractivity contribution in [1.29, 1.82) is 0 Å². The lowest BCUT2D eigenvalue weighted by Crippen LogP contribution is -2.58. The lowest BCUT2D eigenvalue weighted by molar-refractivity contribution is -0.354. The molecule has 1 fully saturated rings. The summed E-state index contributed by atoms with van der Waals surface area (Å²) in [6, 6.07) is 0. The molecule has 9 heteroatoms. The van der Waals surface area contributed by atoms with E-state index < -0.39 is 30.7 Å². The summed E-state index contributed by atoms with van der Waals surface area (Å²) < 4.78 is 78.7. The summed E-state index contributed by atoms with van der Waals surface area (Å²) in [7, 11) is 0. The fourth-order valence-electron chi connectivity index (χ4n) is 0.802. The Balaban J connectivity index is 3.12. The second-order valence-corrected chi connectivity index (χ2v) is 2.46. The van der Waals surface area contributed by atoms with Crippen LogP contribution in [0.25, 0.3) is 0 Å². The van der Waals surface area contributed by atoms with Crippen LogP contribution in [0.5, 0.6) is 0 Å². The Hall–Kier alpha value is -1.15. The van der Waals surface area contributed by atoms with Crippen LogP contribution < -0.4 is 0 Å². The number of carbonyl (C=O) groups is 1. The van der Waals surface area contributed by atoms with Crippen molar-refractivity contribution in [3.8, 4) is 0 Å². The quantitative estimate of drug-likeness (QED) is 0.466. The first-order valence-corrected chi connectivity index (χ1v) is 3.09. The Bertz CT molecular complexity index is 239. The second kappa shape index (κ2) is 2.67. The van der Waals surface area contributed by atoms with Crippen molar-refractivity contribution in [3.63, 3.8) is 0 Å². The molecule has 1 heterocycles. The van der Waals surface area contributed by atoms with Crippen LogP contribution in [0.4, 0.5) is 31.1 Å². The first-order chi connectivity index (χ1) is 6.10. The summed E-state index contributed by atoms with van der Waals surface area (Å²) in [5.74, 6) is 0. The van der Waals surface area contributed by atoms with E-state index >= 15 is 0 Å². The van der Waals surface area contributed by atoms with Gasteiger partial charge in [-0.15, -0.1) is 0 Å². The monoisotopic (exact) mass is 224 g/mol. The van der Waals surface area contributed by atoms with Crippen molar-refractivity contribution in [2.24, 2.45) is 0 Å². The molecule has 0 aromatic carbocycles. The van der Waals surface area contributed by atoms with E-state index in [0.717, 1.165) is 0 Å². The summed E-state index contributed by atoms with van der Waals surface area (Å²) in [4.78, 5) is 10.1. The molecule has 3 nitrogen and oxygen atoms in total. The smallest absolute Gasteiger partial charge is 0.429 e. The molecule has 14 heavy (non-hydrogen) atoms. The van der Waals surface area contributed by atoms with Gasteiger partial charge < -0.3 is 9.47 Å². The fraction of sp³-hybridized carbons (Fsp3) is 0.800. The predicted octanol–water partition coefficient (Wildman–Crippen LogP) is 2.02. The number of rotatable bonds is 0. The Kier molecular flexibility index (Phi) is 2.09. The van der Waals surface area contributed by atoms with Gasteiger partial charge in [-0.2, -0.15) is 26.3 Å². The highest BCUT2D eigenvalue weighted by Crippen LogP contribution is 2.48. The molecule has 0 unspecified atom stereocenters. The van der Waals surface area contributed by atoms with Gasteiger partial charge in [-0.05, 0) is 0 Å². The molecule has 0 aromatic rings. The van der Waals surface area contributed by atoms with Gasteiger partial charge in [0.15, 0.2) is 6.61 Å². The van der Waals surface area contributed by atoms with Crippen LogP contribution in [-0.2, 0) is 9.47 Å². The maximum absolute atomic E-state index is 12.0. The molecule has 1 saturated heterocycles. The van der Waals surface area contributed by atoms with Gasteiger partial charge in [0.2, 0.25) is 0 Å². The molecular formula is C5H2F6O3. The summed E-state index contributed by atoms with van der Waals surface area (Å²) in [6.45, 7) is -1.90. The third-order valence-electron chi connectivity index (χ3n) is 1.57.